The summed E-state index contributed by atoms with van der Waals surface area (Å²) in [6.07, 6.45) is 0. The van der Waals surface area contributed by atoms with Gasteiger partial charge in [0.1, 0.15) is 17.2 Å². The van der Waals surface area contributed by atoms with Crippen LogP contribution in [0.25, 0.3) is 71.7 Å². The molecular formula is C48H30F2N2O. The van der Waals surface area contributed by atoms with Crippen molar-refractivity contribution in [3.63, 3.8) is 0 Å². The Balaban J connectivity index is 1.14. The Hall–Kier alpha value is -6.98. The number of halogens is 2. The summed E-state index contributed by atoms with van der Waals surface area (Å²) in [7, 11) is 0. The summed E-state index contributed by atoms with van der Waals surface area (Å²) in [6, 6.07) is 59.5. The highest BCUT2D eigenvalue weighted by molar-refractivity contribution is 6.13. The largest absolute Gasteiger partial charge is 0.454 e. The summed E-state index contributed by atoms with van der Waals surface area (Å²) >= 11 is 0. The maximum Gasteiger partial charge on any atom is 0.159 e. The Morgan fingerprint density at radius 3 is 1.43 bits per heavy atom. The predicted octanol–water partition coefficient (Wildman–Crippen LogP) is 13.8. The van der Waals surface area contributed by atoms with Gasteiger partial charge in [0.2, 0.25) is 0 Å². The van der Waals surface area contributed by atoms with Crippen LogP contribution < -0.4 is 4.90 Å². The molecular weight excluding hydrogens is 659 g/mol. The maximum absolute atomic E-state index is 14.7. The minimum absolute atomic E-state index is 0.364. The zero-order chi connectivity index (χ0) is 35.5. The normalized spacial score (nSPS) is 11.6. The fourth-order valence-corrected chi connectivity index (χ4v) is 7.63. The Bertz CT molecular complexity index is 2810. The molecule has 10 rings (SSSR count). The smallest absolute Gasteiger partial charge is 0.159 e. The molecule has 2 heterocycles. The average Bonchev–Trinajstić information content (AvgIpc) is 3.73. The third-order valence-corrected chi connectivity index (χ3v) is 10.1. The van der Waals surface area contributed by atoms with E-state index in [9.17, 15) is 8.78 Å². The Morgan fingerprint density at radius 1 is 0.396 bits per heavy atom. The van der Waals surface area contributed by atoms with Crippen molar-refractivity contribution in [2.24, 2.45) is 0 Å². The van der Waals surface area contributed by atoms with Crippen LogP contribution in [-0.4, -0.2) is 4.57 Å². The molecule has 0 bridgehead atoms. The quantitative estimate of drug-likeness (QED) is 0.173. The number of benzene rings is 8. The van der Waals surface area contributed by atoms with Gasteiger partial charge in [-0.05, 0) is 101 Å². The predicted molar refractivity (Wildman–Crippen MR) is 214 cm³/mol. The monoisotopic (exact) mass is 688 g/mol. The van der Waals surface area contributed by atoms with Gasteiger partial charge < -0.3 is 13.9 Å². The van der Waals surface area contributed by atoms with Gasteiger partial charge in [0.05, 0.1) is 16.7 Å². The van der Waals surface area contributed by atoms with Gasteiger partial charge in [-0.1, -0.05) is 97.1 Å². The third kappa shape index (κ3) is 5.25. The van der Waals surface area contributed by atoms with E-state index in [1.165, 1.54) is 24.3 Å². The van der Waals surface area contributed by atoms with Crippen LogP contribution in [0.3, 0.4) is 0 Å². The molecule has 0 amide bonds. The van der Waals surface area contributed by atoms with Gasteiger partial charge in [0.15, 0.2) is 5.58 Å². The number of furan rings is 1. The first kappa shape index (κ1) is 30.8. The Labute approximate surface area is 304 Å². The molecule has 0 aliphatic carbocycles. The lowest BCUT2D eigenvalue weighted by Gasteiger charge is -2.26. The highest BCUT2D eigenvalue weighted by Gasteiger charge is 2.20. The molecule has 0 saturated carbocycles. The molecule has 0 fully saturated rings. The lowest BCUT2D eigenvalue weighted by Crippen LogP contribution is -2.09. The lowest BCUT2D eigenvalue weighted by molar-refractivity contribution is 0.629. The van der Waals surface area contributed by atoms with Gasteiger partial charge in [0.25, 0.3) is 0 Å². The summed E-state index contributed by atoms with van der Waals surface area (Å²) in [5.74, 6) is -0.728. The molecule has 5 heteroatoms. The molecule has 0 atom stereocenters. The number of para-hydroxylation sites is 1. The number of aromatic nitrogens is 1. The molecule has 10 aromatic rings. The van der Waals surface area contributed by atoms with Gasteiger partial charge in [-0.3, -0.25) is 0 Å². The molecule has 0 aliphatic heterocycles. The van der Waals surface area contributed by atoms with Gasteiger partial charge in [-0.2, -0.15) is 0 Å². The Kier molecular flexibility index (Phi) is 7.18. The fraction of sp³-hybridized carbons (Fsp3) is 0. The number of fused-ring (bicyclic) bond motifs is 6. The van der Waals surface area contributed by atoms with Crippen LogP contribution >= 0.6 is 0 Å². The van der Waals surface area contributed by atoms with Crippen molar-refractivity contribution in [2.45, 2.75) is 0 Å². The molecule has 0 radical (unpaired) electrons. The minimum Gasteiger partial charge on any atom is -0.454 e. The molecule has 53 heavy (non-hydrogen) atoms. The zero-order valence-corrected chi connectivity index (χ0v) is 28.4. The van der Waals surface area contributed by atoms with E-state index in [4.69, 9.17) is 4.42 Å². The summed E-state index contributed by atoms with van der Waals surface area (Å²) in [5, 5.41) is 3.54. The first-order chi connectivity index (χ1) is 26.1. The van der Waals surface area contributed by atoms with Crippen LogP contribution in [0.4, 0.5) is 25.8 Å². The second-order valence-corrected chi connectivity index (χ2v) is 13.3. The fourth-order valence-electron chi connectivity index (χ4n) is 7.63. The highest BCUT2D eigenvalue weighted by Crippen LogP contribution is 2.42. The van der Waals surface area contributed by atoms with E-state index >= 15 is 0 Å². The van der Waals surface area contributed by atoms with Crippen molar-refractivity contribution in [2.75, 3.05) is 4.90 Å². The minimum atomic E-state index is -0.364. The van der Waals surface area contributed by atoms with E-state index < -0.39 is 0 Å². The van der Waals surface area contributed by atoms with E-state index in [-0.39, 0.29) is 11.6 Å². The second-order valence-electron chi connectivity index (χ2n) is 13.3. The number of anilines is 3. The molecule has 0 saturated heterocycles. The zero-order valence-electron chi connectivity index (χ0n) is 28.4. The van der Waals surface area contributed by atoms with Crippen molar-refractivity contribution in [1.82, 2.24) is 4.57 Å². The summed E-state index contributed by atoms with van der Waals surface area (Å²) < 4.78 is 38.1. The molecule has 8 aromatic carbocycles. The topological polar surface area (TPSA) is 21.3 Å². The average molecular weight is 689 g/mol. The molecule has 0 spiro atoms. The molecule has 0 aliphatic rings. The van der Waals surface area contributed by atoms with Gasteiger partial charge in [0, 0.05) is 44.7 Å². The van der Waals surface area contributed by atoms with Gasteiger partial charge in [-0.25, -0.2) is 8.78 Å². The number of nitrogens with zero attached hydrogens (tertiary/aromatic N) is 2. The van der Waals surface area contributed by atoms with E-state index in [0.29, 0.717) is 27.9 Å². The van der Waals surface area contributed by atoms with Crippen LogP contribution in [0, 0.1) is 11.6 Å². The number of rotatable bonds is 6. The SMILES string of the molecule is Fc1ccc2c3ccc(F)cc3n(-c3cccc4c3oc3cc(N(c5ccc(-c6ccccc6)cc5)c5ccc(-c6ccccc6)cc5)ccc34)c2c1. The van der Waals surface area contributed by atoms with E-state index in [1.807, 2.05) is 34.9 Å². The van der Waals surface area contributed by atoms with Crippen molar-refractivity contribution < 1.29 is 13.2 Å². The first-order valence-electron chi connectivity index (χ1n) is 17.6. The van der Waals surface area contributed by atoms with Crippen molar-refractivity contribution in [1.29, 1.82) is 0 Å². The first-order valence-corrected chi connectivity index (χ1v) is 17.6. The van der Waals surface area contributed by atoms with Gasteiger partial charge >= 0.3 is 0 Å². The van der Waals surface area contributed by atoms with Crippen LogP contribution in [0.5, 0.6) is 0 Å². The van der Waals surface area contributed by atoms with E-state index in [2.05, 4.69) is 120 Å². The third-order valence-electron chi connectivity index (χ3n) is 10.1. The lowest BCUT2D eigenvalue weighted by atomic mass is 10.0. The molecule has 3 nitrogen and oxygen atoms in total. The van der Waals surface area contributed by atoms with Crippen LogP contribution in [0.2, 0.25) is 0 Å². The van der Waals surface area contributed by atoms with Crippen molar-refractivity contribution >= 4 is 60.8 Å². The molecule has 0 N–H and O–H groups in total. The van der Waals surface area contributed by atoms with E-state index in [0.717, 1.165) is 60.9 Å². The summed E-state index contributed by atoms with van der Waals surface area (Å²) in [4.78, 5) is 2.23. The Morgan fingerprint density at radius 2 is 0.887 bits per heavy atom. The second kappa shape index (κ2) is 12.4. The maximum atomic E-state index is 14.7. The van der Waals surface area contributed by atoms with E-state index in [1.54, 1.807) is 12.1 Å². The molecule has 2 aromatic heterocycles. The number of hydrogen-bond acceptors (Lipinski definition) is 2. The molecule has 0 unspecified atom stereocenters. The van der Waals surface area contributed by atoms with Crippen LogP contribution in [-0.2, 0) is 0 Å². The van der Waals surface area contributed by atoms with Crippen molar-refractivity contribution in [3.8, 4) is 27.9 Å². The summed E-state index contributed by atoms with van der Waals surface area (Å²) in [6.45, 7) is 0. The van der Waals surface area contributed by atoms with Crippen LogP contribution in [0.15, 0.2) is 186 Å². The molecule has 252 valence electrons. The standard InChI is InChI=1S/C48H30F2N2O/c49-35-18-25-40-41-26-19-36(50)29-46(41)52(45(40)28-35)44-13-7-12-43-42-27-24-39(30-47(42)53-48(43)44)51(37-20-14-33(15-21-37)31-8-3-1-4-9-31)38-22-16-34(17-23-38)32-10-5-2-6-11-32/h1-30H. The summed E-state index contributed by atoms with van der Waals surface area (Å²) in [5.41, 5.74) is 10.9. The highest BCUT2D eigenvalue weighted by atomic mass is 19.1. The van der Waals surface area contributed by atoms with Crippen LogP contribution in [0.1, 0.15) is 0 Å². The number of hydrogen-bond donors (Lipinski definition) is 0. The van der Waals surface area contributed by atoms with Crippen molar-refractivity contribution in [3.05, 3.63) is 194 Å². The van der Waals surface area contributed by atoms with Gasteiger partial charge in [-0.15, -0.1) is 0 Å².